The summed E-state index contributed by atoms with van der Waals surface area (Å²) < 4.78 is 0. The van der Waals surface area contributed by atoms with E-state index in [-0.39, 0.29) is 6.10 Å². The Kier molecular flexibility index (Phi) is 2.36. The molecular weight excluding hydrogens is 160 g/mol. The molecule has 1 aromatic rings. The number of aliphatic hydroxyl groups excluding tert-OH is 1. The number of aliphatic hydroxyl groups is 1. The Labute approximate surface area is 79.4 Å². The molecule has 0 aromatic heterocycles. The highest BCUT2D eigenvalue weighted by Crippen LogP contribution is 2.41. The van der Waals surface area contributed by atoms with Crippen LogP contribution in [0.1, 0.15) is 37.0 Å². The molecule has 0 radical (unpaired) electrons. The Morgan fingerprint density at radius 3 is 2.69 bits per heavy atom. The monoisotopic (exact) mass is 176 g/mol. The van der Waals surface area contributed by atoms with E-state index in [4.69, 9.17) is 0 Å². The molecule has 0 amide bonds. The van der Waals surface area contributed by atoms with Crippen molar-refractivity contribution in [3.63, 3.8) is 0 Å². The second-order valence-electron chi connectivity index (χ2n) is 3.83. The minimum Gasteiger partial charge on any atom is -0.388 e. The fourth-order valence-electron chi connectivity index (χ4n) is 1.81. The maximum atomic E-state index is 9.97. The first-order valence-corrected chi connectivity index (χ1v) is 5.08. The number of hydrogen-bond acceptors (Lipinski definition) is 1. The van der Waals surface area contributed by atoms with Crippen molar-refractivity contribution in [2.45, 2.75) is 32.3 Å². The van der Waals surface area contributed by atoms with E-state index in [0.29, 0.717) is 5.92 Å². The highest BCUT2D eigenvalue weighted by atomic mass is 16.3. The van der Waals surface area contributed by atoms with Crippen LogP contribution in [0.2, 0.25) is 0 Å². The predicted molar refractivity (Wildman–Crippen MR) is 53.5 cm³/mol. The van der Waals surface area contributed by atoms with Crippen molar-refractivity contribution in [1.82, 2.24) is 0 Å². The molecule has 1 atom stereocenters. The van der Waals surface area contributed by atoms with Crippen LogP contribution >= 0.6 is 0 Å². The van der Waals surface area contributed by atoms with Crippen molar-refractivity contribution >= 4 is 0 Å². The van der Waals surface area contributed by atoms with Crippen LogP contribution in [-0.2, 0) is 6.42 Å². The quantitative estimate of drug-likeness (QED) is 0.750. The third-order valence-electron chi connectivity index (χ3n) is 2.82. The first-order chi connectivity index (χ1) is 6.33. The summed E-state index contributed by atoms with van der Waals surface area (Å²) in [7, 11) is 0. The molecule has 1 saturated carbocycles. The summed E-state index contributed by atoms with van der Waals surface area (Å²) in [6, 6.07) is 8.23. The average molecular weight is 176 g/mol. The molecule has 0 saturated heterocycles. The summed E-state index contributed by atoms with van der Waals surface area (Å²) in [5.74, 6) is 0.535. The maximum Gasteiger partial charge on any atom is 0.0820 e. The summed E-state index contributed by atoms with van der Waals surface area (Å²) in [5, 5.41) is 9.97. The van der Waals surface area contributed by atoms with Crippen LogP contribution in [0.3, 0.4) is 0 Å². The molecular formula is C12H16O. The van der Waals surface area contributed by atoms with Crippen LogP contribution in [0.25, 0.3) is 0 Å². The Morgan fingerprint density at radius 2 is 2.08 bits per heavy atom. The first kappa shape index (κ1) is 8.76. The second-order valence-corrected chi connectivity index (χ2v) is 3.83. The van der Waals surface area contributed by atoms with Crippen molar-refractivity contribution in [2.24, 2.45) is 5.92 Å². The van der Waals surface area contributed by atoms with Gasteiger partial charge in [-0.25, -0.2) is 0 Å². The molecule has 1 aliphatic rings. The fraction of sp³-hybridized carbons (Fsp3) is 0.500. The average Bonchev–Trinajstić information content (AvgIpc) is 3.00. The van der Waals surface area contributed by atoms with Gasteiger partial charge in [0.25, 0.3) is 0 Å². The Morgan fingerprint density at radius 1 is 1.38 bits per heavy atom. The summed E-state index contributed by atoms with van der Waals surface area (Å²) in [6.45, 7) is 2.14. The lowest BCUT2D eigenvalue weighted by molar-refractivity contribution is 0.153. The lowest BCUT2D eigenvalue weighted by Crippen LogP contribution is -2.03. The lowest BCUT2D eigenvalue weighted by Gasteiger charge is -2.13. The van der Waals surface area contributed by atoms with Gasteiger partial charge in [-0.3, -0.25) is 0 Å². The third kappa shape index (κ3) is 1.75. The van der Waals surface area contributed by atoms with Crippen LogP contribution in [0.15, 0.2) is 24.3 Å². The summed E-state index contributed by atoms with van der Waals surface area (Å²) in [4.78, 5) is 0. The Balaban J connectivity index is 2.26. The maximum absolute atomic E-state index is 9.97. The largest absolute Gasteiger partial charge is 0.388 e. The second kappa shape index (κ2) is 3.51. The third-order valence-corrected chi connectivity index (χ3v) is 2.82. The van der Waals surface area contributed by atoms with Crippen LogP contribution in [0, 0.1) is 5.92 Å². The Bertz CT molecular complexity index is 289. The number of hydrogen-bond donors (Lipinski definition) is 1. The molecule has 0 aliphatic heterocycles. The molecule has 0 bridgehead atoms. The van der Waals surface area contributed by atoms with E-state index >= 15 is 0 Å². The zero-order chi connectivity index (χ0) is 9.26. The van der Waals surface area contributed by atoms with E-state index in [2.05, 4.69) is 19.1 Å². The van der Waals surface area contributed by atoms with Crippen LogP contribution in [0.4, 0.5) is 0 Å². The predicted octanol–water partition coefficient (Wildman–Crippen LogP) is 2.69. The zero-order valence-electron chi connectivity index (χ0n) is 8.03. The van der Waals surface area contributed by atoms with Crippen LogP contribution in [-0.4, -0.2) is 5.11 Å². The standard InChI is InChI=1S/C12H16O/c1-2-9-5-3-4-6-11(9)12(13)10-7-8-10/h3-6,10,12-13H,2,7-8H2,1H3. The van der Waals surface area contributed by atoms with Gasteiger partial charge in [0.2, 0.25) is 0 Å². The summed E-state index contributed by atoms with van der Waals surface area (Å²) in [5.41, 5.74) is 2.44. The van der Waals surface area contributed by atoms with Gasteiger partial charge in [-0.05, 0) is 36.3 Å². The molecule has 0 heterocycles. The van der Waals surface area contributed by atoms with Gasteiger partial charge in [0.1, 0.15) is 0 Å². The molecule has 1 nitrogen and oxygen atoms in total. The van der Waals surface area contributed by atoms with E-state index in [1.54, 1.807) is 0 Å². The highest BCUT2D eigenvalue weighted by Gasteiger charge is 2.31. The van der Waals surface area contributed by atoms with E-state index in [9.17, 15) is 5.11 Å². The molecule has 1 heteroatoms. The van der Waals surface area contributed by atoms with Gasteiger partial charge in [0.05, 0.1) is 6.10 Å². The van der Waals surface area contributed by atoms with Gasteiger partial charge in [0.15, 0.2) is 0 Å². The smallest absolute Gasteiger partial charge is 0.0820 e. The normalized spacial score (nSPS) is 18.6. The molecule has 1 aliphatic carbocycles. The van der Waals surface area contributed by atoms with Crippen LogP contribution in [0.5, 0.6) is 0 Å². The molecule has 70 valence electrons. The van der Waals surface area contributed by atoms with Gasteiger partial charge < -0.3 is 5.11 Å². The molecule has 1 fully saturated rings. The minimum absolute atomic E-state index is 0.212. The SMILES string of the molecule is CCc1ccccc1C(O)C1CC1. The van der Waals surface area contributed by atoms with Crippen molar-refractivity contribution < 1.29 is 5.11 Å². The van der Waals surface area contributed by atoms with Gasteiger partial charge in [-0.1, -0.05) is 31.2 Å². The van der Waals surface area contributed by atoms with Crippen LogP contribution < -0.4 is 0 Å². The molecule has 1 unspecified atom stereocenters. The van der Waals surface area contributed by atoms with Crippen molar-refractivity contribution in [1.29, 1.82) is 0 Å². The topological polar surface area (TPSA) is 20.2 Å². The summed E-state index contributed by atoms with van der Waals surface area (Å²) in [6.07, 6.45) is 3.19. The fourth-order valence-corrected chi connectivity index (χ4v) is 1.81. The molecule has 0 spiro atoms. The van der Waals surface area contributed by atoms with Gasteiger partial charge in [0, 0.05) is 0 Å². The molecule has 1 aromatic carbocycles. The van der Waals surface area contributed by atoms with E-state index in [1.807, 2.05) is 12.1 Å². The van der Waals surface area contributed by atoms with Gasteiger partial charge in [-0.2, -0.15) is 0 Å². The van der Waals surface area contributed by atoms with Crippen molar-refractivity contribution in [2.75, 3.05) is 0 Å². The number of aryl methyl sites for hydroxylation is 1. The van der Waals surface area contributed by atoms with Gasteiger partial charge in [-0.15, -0.1) is 0 Å². The van der Waals surface area contributed by atoms with E-state index in [1.165, 1.54) is 18.4 Å². The molecule has 2 rings (SSSR count). The minimum atomic E-state index is -0.212. The van der Waals surface area contributed by atoms with E-state index < -0.39 is 0 Å². The lowest BCUT2D eigenvalue weighted by atomic mass is 9.98. The van der Waals surface area contributed by atoms with Crippen molar-refractivity contribution in [3.05, 3.63) is 35.4 Å². The first-order valence-electron chi connectivity index (χ1n) is 5.08. The highest BCUT2D eigenvalue weighted by molar-refractivity contribution is 5.30. The molecule has 13 heavy (non-hydrogen) atoms. The zero-order valence-corrected chi connectivity index (χ0v) is 8.03. The number of benzene rings is 1. The van der Waals surface area contributed by atoms with E-state index in [0.717, 1.165) is 12.0 Å². The Hall–Kier alpha value is -0.820. The molecule has 1 N–H and O–H groups in total. The number of rotatable bonds is 3. The summed E-state index contributed by atoms with van der Waals surface area (Å²) >= 11 is 0. The van der Waals surface area contributed by atoms with Gasteiger partial charge >= 0.3 is 0 Å². The van der Waals surface area contributed by atoms with Crippen molar-refractivity contribution in [3.8, 4) is 0 Å².